The lowest BCUT2D eigenvalue weighted by Gasteiger charge is -2.40. The number of methoxy groups -OCH3 is 1. The number of likely N-dealkylation sites (tertiary alicyclic amines) is 1. The highest BCUT2D eigenvalue weighted by molar-refractivity contribution is 6.47. The molecule has 1 amide bonds. The Kier molecular flexibility index (Phi) is 11.2. The maximum Gasteiger partial charge on any atom is 0.274 e. The Morgan fingerprint density at radius 2 is 1.75 bits per heavy atom. The number of aromatic nitrogens is 1. The predicted molar refractivity (Wildman–Crippen MR) is 192 cm³/mol. The number of anilines is 2. The molecule has 12 nitrogen and oxygen atoms in total. The van der Waals surface area contributed by atoms with Crippen molar-refractivity contribution in [3.63, 3.8) is 0 Å². The number of halogens is 1. The number of benzene rings is 3. The van der Waals surface area contributed by atoms with E-state index < -0.39 is 23.9 Å². The summed E-state index contributed by atoms with van der Waals surface area (Å²) in [4.78, 5) is 45.9. The van der Waals surface area contributed by atoms with Crippen molar-refractivity contribution in [2.24, 2.45) is 5.10 Å². The van der Waals surface area contributed by atoms with Gasteiger partial charge in [0, 0.05) is 35.9 Å². The SMILES string of the molecule is COc1cc2c(Oc3ccc(NC(=O)C4=NN(c5ccc(C)cc5)C(C=O)N(C)C4C=O)cc3F)ccnc2cc1OCCCN1CCCCC1. The molecule has 0 aliphatic carbocycles. The van der Waals surface area contributed by atoms with Crippen molar-refractivity contribution in [2.45, 2.75) is 44.8 Å². The van der Waals surface area contributed by atoms with Gasteiger partial charge in [-0.05, 0) is 82.7 Å². The first-order chi connectivity index (χ1) is 24.8. The van der Waals surface area contributed by atoms with Gasteiger partial charge in [0.25, 0.3) is 5.91 Å². The number of nitrogens with zero attached hydrogens (tertiary/aromatic N) is 5. The summed E-state index contributed by atoms with van der Waals surface area (Å²) >= 11 is 0. The van der Waals surface area contributed by atoms with Crippen LogP contribution >= 0.6 is 0 Å². The van der Waals surface area contributed by atoms with E-state index in [-0.39, 0.29) is 17.1 Å². The molecule has 51 heavy (non-hydrogen) atoms. The number of carbonyl (C=O) groups is 3. The van der Waals surface area contributed by atoms with Gasteiger partial charge in [-0.2, -0.15) is 5.10 Å². The van der Waals surface area contributed by atoms with Crippen LogP contribution in [0.15, 0.2) is 72.0 Å². The second kappa shape index (κ2) is 16.1. The number of pyridine rings is 1. The summed E-state index contributed by atoms with van der Waals surface area (Å²) in [6, 6.07) is 15.3. The fourth-order valence-corrected chi connectivity index (χ4v) is 6.28. The number of nitrogens with one attached hydrogen (secondary N) is 1. The number of amides is 1. The third-order valence-electron chi connectivity index (χ3n) is 9.11. The first-order valence-corrected chi connectivity index (χ1v) is 17.0. The number of aldehydes is 2. The van der Waals surface area contributed by atoms with Gasteiger partial charge in [-0.15, -0.1) is 0 Å². The van der Waals surface area contributed by atoms with Crippen LogP contribution in [0.2, 0.25) is 0 Å². The number of piperidine rings is 1. The van der Waals surface area contributed by atoms with Crippen LogP contribution in [0.25, 0.3) is 10.9 Å². The largest absolute Gasteiger partial charge is 0.493 e. The van der Waals surface area contributed by atoms with E-state index in [1.54, 1.807) is 50.7 Å². The summed E-state index contributed by atoms with van der Waals surface area (Å²) in [7, 11) is 3.11. The lowest BCUT2D eigenvalue weighted by Crippen LogP contribution is -2.60. The minimum absolute atomic E-state index is 0.0858. The third kappa shape index (κ3) is 8.00. The molecule has 266 valence electrons. The predicted octanol–water partition coefficient (Wildman–Crippen LogP) is 5.58. The topological polar surface area (TPSA) is 126 Å². The average Bonchev–Trinajstić information content (AvgIpc) is 3.14. The second-order valence-electron chi connectivity index (χ2n) is 12.6. The Bertz CT molecular complexity index is 1920. The molecule has 13 heteroatoms. The highest BCUT2D eigenvalue weighted by Gasteiger charge is 2.39. The zero-order valence-electron chi connectivity index (χ0n) is 28.9. The minimum Gasteiger partial charge on any atom is -0.493 e. The van der Waals surface area contributed by atoms with Gasteiger partial charge < -0.3 is 29.2 Å². The highest BCUT2D eigenvalue weighted by Crippen LogP contribution is 2.38. The molecule has 2 aliphatic rings. The van der Waals surface area contributed by atoms with Crippen LogP contribution in [0.3, 0.4) is 0 Å². The summed E-state index contributed by atoms with van der Waals surface area (Å²) in [6.45, 7) is 5.71. The Morgan fingerprint density at radius 3 is 2.45 bits per heavy atom. The smallest absolute Gasteiger partial charge is 0.274 e. The first-order valence-electron chi connectivity index (χ1n) is 17.0. The molecule has 0 spiro atoms. The first kappa shape index (κ1) is 35.4. The van der Waals surface area contributed by atoms with Crippen molar-refractivity contribution in [3.8, 4) is 23.0 Å². The van der Waals surface area contributed by atoms with Gasteiger partial charge in [-0.25, -0.2) is 9.40 Å². The Balaban J connectivity index is 1.16. The normalized spacial score (nSPS) is 18.2. The van der Waals surface area contributed by atoms with Crippen LogP contribution in [0, 0.1) is 12.7 Å². The van der Waals surface area contributed by atoms with Crippen LogP contribution in [0.4, 0.5) is 15.8 Å². The molecule has 2 unspecified atom stereocenters. The molecule has 3 aromatic carbocycles. The van der Waals surface area contributed by atoms with E-state index in [1.807, 2.05) is 19.1 Å². The highest BCUT2D eigenvalue weighted by atomic mass is 19.1. The lowest BCUT2D eigenvalue weighted by atomic mass is 10.1. The fourth-order valence-electron chi connectivity index (χ4n) is 6.28. The van der Waals surface area contributed by atoms with Crippen LogP contribution in [0.1, 0.15) is 31.2 Å². The summed E-state index contributed by atoms with van der Waals surface area (Å²) < 4.78 is 33.2. The van der Waals surface area contributed by atoms with Gasteiger partial charge in [0.15, 0.2) is 41.2 Å². The monoisotopic (exact) mass is 696 g/mol. The van der Waals surface area contributed by atoms with E-state index in [1.165, 1.54) is 41.3 Å². The van der Waals surface area contributed by atoms with Gasteiger partial charge in [0.1, 0.15) is 18.1 Å². The summed E-state index contributed by atoms with van der Waals surface area (Å²) in [5, 5.41) is 9.00. The zero-order valence-corrected chi connectivity index (χ0v) is 28.9. The Labute approximate surface area is 295 Å². The van der Waals surface area contributed by atoms with Crippen molar-refractivity contribution in [2.75, 3.05) is 50.7 Å². The molecule has 1 N–H and O–H groups in total. The van der Waals surface area contributed by atoms with Crippen molar-refractivity contribution in [1.82, 2.24) is 14.8 Å². The molecule has 6 rings (SSSR count). The number of hydrazone groups is 1. The molecule has 2 atom stereocenters. The fraction of sp³-hybridized carbons (Fsp3) is 0.342. The van der Waals surface area contributed by atoms with E-state index in [0.29, 0.717) is 53.0 Å². The van der Waals surface area contributed by atoms with E-state index in [9.17, 15) is 14.4 Å². The van der Waals surface area contributed by atoms with Crippen LogP contribution < -0.4 is 24.5 Å². The number of carbonyl (C=O) groups excluding carboxylic acids is 3. The third-order valence-corrected chi connectivity index (χ3v) is 9.11. The van der Waals surface area contributed by atoms with E-state index in [2.05, 4.69) is 20.3 Å². The number of aryl methyl sites for hydroxylation is 1. The molecule has 1 aromatic heterocycles. The number of hydrogen-bond acceptors (Lipinski definition) is 11. The molecular weight excluding hydrogens is 655 g/mol. The molecule has 3 heterocycles. The Morgan fingerprint density at radius 1 is 0.961 bits per heavy atom. The van der Waals surface area contributed by atoms with Crippen LogP contribution in [-0.2, 0) is 14.4 Å². The quantitative estimate of drug-likeness (QED) is 0.140. The van der Waals surface area contributed by atoms with Crippen molar-refractivity contribution in [3.05, 3.63) is 78.2 Å². The number of rotatable bonds is 13. The molecule has 0 saturated carbocycles. The standard InChI is InChI=1S/C38H41FN6O6/c1-25-8-11-27(12-9-25)45-36(24-47)43(2)31(23-46)37(42-45)38(48)41-26-10-13-33(29(39)20-26)51-32-14-15-40-30-22-35(34(49-3)21-28(30)32)50-19-7-18-44-16-5-4-6-17-44/h8-15,20-24,31,36H,4-7,16-19H2,1-3H3,(H,41,48). The van der Waals surface area contributed by atoms with Crippen molar-refractivity contribution in [1.29, 1.82) is 0 Å². The molecule has 0 radical (unpaired) electrons. The number of hydrogen-bond donors (Lipinski definition) is 1. The lowest BCUT2D eigenvalue weighted by molar-refractivity contribution is -0.117. The molecule has 0 bridgehead atoms. The second-order valence-corrected chi connectivity index (χ2v) is 12.6. The maximum absolute atomic E-state index is 15.5. The molecule has 1 fully saturated rings. The average molecular weight is 697 g/mol. The van der Waals surface area contributed by atoms with Gasteiger partial charge >= 0.3 is 0 Å². The summed E-state index contributed by atoms with van der Waals surface area (Å²) in [5.41, 5.74) is 2.10. The van der Waals surface area contributed by atoms with Gasteiger partial charge in [0.05, 0.1) is 24.9 Å². The van der Waals surface area contributed by atoms with E-state index >= 15 is 4.39 Å². The number of ether oxygens (including phenoxy) is 3. The van der Waals surface area contributed by atoms with E-state index in [4.69, 9.17) is 14.2 Å². The van der Waals surface area contributed by atoms with Gasteiger partial charge in [-0.3, -0.25) is 19.5 Å². The van der Waals surface area contributed by atoms with Gasteiger partial charge in [-0.1, -0.05) is 24.1 Å². The molecular formula is C38H41FN6O6. The van der Waals surface area contributed by atoms with Crippen molar-refractivity contribution >= 4 is 46.5 Å². The molecule has 2 aliphatic heterocycles. The Hall–Kier alpha value is -5.40. The molecule has 1 saturated heterocycles. The summed E-state index contributed by atoms with van der Waals surface area (Å²) in [6.07, 6.45) is 6.51. The van der Waals surface area contributed by atoms with Crippen LogP contribution in [0.5, 0.6) is 23.0 Å². The van der Waals surface area contributed by atoms with E-state index in [0.717, 1.165) is 37.7 Å². The minimum atomic E-state index is -1.11. The zero-order chi connectivity index (χ0) is 35.9. The number of fused-ring (bicyclic) bond motifs is 1. The molecule has 4 aromatic rings. The van der Waals surface area contributed by atoms with Gasteiger partial charge in [0.2, 0.25) is 0 Å². The summed E-state index contributed by atoms with van der Waals surface area (Å²) in [5.74, 6) is -0.145. The van der Waals surface area contributed by atoms with Crippen molar-refractivity contribution < 1.29 is 33.0 Å². The number of likely N-dealkylation sites (N-methyl/N-ethyl adjacent to an activating group) is 1. The maximum atomic E-state index is 15.5. The van der Waals surface area contributed by atoms with Crippen LogP contribution in [-0.4, -0.2) is 91.6 Å².